The van der Waals surface area contributed by atoms with Crippen molar-refractivity contribution < 1.29 is 0 Å². The van der Waals surface area contributed by atoms with Crippen molar-refractivity contribution in [2.75, 3.05) is 0 Å². The Morgan fingerprint density at radius 2 is 0.746 bits per heavy atom. The number of benzene rings is 10. The van der Waals surface area contributed by atoms with Crippen LogP contribution in [0.5, 0.6) is 0 Å². The highest BCUT2D eigenvalue weighted by Crippen LogP contribution is 2.50. The minimum Gasteiger partial charge on any atom is -0.309 e. The van der Waals surface area contributed by atoms with Crippen molar-refractivity contribution in [1.82, 2.24) is 9.13 Å². The lowest BCUT2D eigenvalue weighted by molar-refractivity contribution is 1.01. The Kier molecular flexibility index (Phi) is 8.01. The van der Waals surface area contributed by atoms with Gasteiger partial charge in [-0.1, -0.05) is 176 Å². The van der Waals surface area contributed by atoms with Gasteiger partial charge in [-0.25, -0.2) is 0 Å². The van der Waals surface area contributed by atoms with Gasteiger partial charge in [-0.05, 0) is 122 Å². The van der Waals surface area contributed by atoms with E-state index in [1.54, 1.807) is 0 Å². The second kappa shape index (κ2) is 14.2. The van der Waals surface area contributed by atoms with Gasteiger partial charge < -0.3 is 9.13 Å². The van der Waals surface area contributed by atoms with Crippen molar-refractivity contribution in [1.29, 1.82) is 0 Å². The Balaban J connectivity index is 0.974. The number of nitrogens with zero attached hydrogens (tertiary/aromatic N) is 2. The fourth-order valence-corrected chi connectivity index (χ4v) is 10.6. The first-order chi connectivity index (χ1) is 31.2. The minimum absolute atomic E-state index is 0.0742. The van der Waals surface area contributed by atoms with Crippen LogP contribution in [0.4, 0.5) is 0 Å². The van der Waals surface area contributed by atoms with Crippen LogP contribution in [0, 0.1) is 0 Å². The molecule has 2 nitrogen and oxygen atoms in total. The number of fused-ring (bicyclic) bond motifs is 9. The number of rotatable bonds is 6. The van der Waals surface area contributed by atoms with E-state index in [1.165, 1.54) is 110 Å². The summed E-state index contributed by atoms with van der Waals surface area (Å²) >= 11 is 0. The van der Waals surface area contributed by atoms with E-state index in [2.05, 4.69) is 246 Å². The van der Waals surface area contributed by atoms with Crippen LogP contribution in [0.3, 0.4) is 0 Å². The molecule has 10 aromatic carbocycles. The topological polar surface area (TPSA) is 9.86 Å². The maximum absolute atomic E-state index is 2.45. The summed E-state index contributed by atoms with van der Waals surface area (Å²) < 4.78 is 4.87. The lowest BCUT2D eigenvalue weighted by Crippen LogP contribution is -2.01. The van der Waals surface area contributed by atoms with Crippen LogP contribution < -0.4 is 0 Å². The average Bonchev–Trinajstić information content (AvgIpc) is 4.00. The maximum atomic E-state index is 2.45. The normalized spacial score (nSPS) is 13.2. The van der Waals surface area contributed by atoms with Gasteiger partial charge in [-0.2, -0.15) is 0 Å². The summed E-state index contributed by atoms with van der Waals surface area (Å²) in [7, 11) is 0. The molecule has 0 fully saturated rings. The Morgan fingerprint density at radius 1 is 0.254 bits per heavy atom. The summed E-state index contributed by atoms with van der Waals surface area (Å²) in [5, 5.41) is 5.06. The highest BCUT2D eigenvalue weighted by atomic mass is 15.0. The van der Waals surface area contributed by atoms with Gasteiger partial charge in [0.1, 0.15) is 0 Å². The van der Waals surface area contributed by atoms with Crippen molar-refractivity contribution in [3.8, 4) is 55.9 Å². The van der Waals surface area contributed by atoms with Crippen molar-refractivity contribution in [3.63, 3.8) is 0 Å². The molecule has 0 saturated heterocycles. The van der Waals surface area contributed by atoms with Gasteiger partial charge in [0.25, 0.3) is 0 Å². The molecular weight excluding hydrogens is 761 g/mol. The zero-order valence-corrected chi connectivity index (χ0v) is 34.5. The van der Waals surface area contributed by atoms with Crippen molar-refractivity contribution in [3.05, 3.63) is 253 Å². The molecule has 294 valence electrons. The summed E-state index contributed by atoms with van der Waals surface area (Å²) in [6.45, 7) is 0. The third kappa shape index (κ3) is 5.65. The fraction of sp³-hybridized carbons (Fsp3) is 0.0164. The van der Waals surface area contributed by atoms with Gasteiger partial charge >= 0.3 is 0 Å². The summed E-state index contributed by atoms with van der Waals surface area (Å²) in [4.78, 5) is 0. The molecule has 2 aromatic heterocycles. The predicted octanol–water partition coefficient (Wildman–Crippen LogP) is 16.0. The molecule has 1 atom stereocenters. The Hall–Kier alpha value is -8.20. The third-order valence-electron chi connectivity index (χ3n) is 13.4. The van der Waals surface area contributed by atoms with E-state index in [1.807, 2.05) is 0 Å². The number of hydrogen-bond donors (Lipinski definition) is 0. The van der Waals surface area contributed by atoms with Crippen molar-refractivity contribution in [2.24, 2.45) is 0 Å². The van der Waals surface area contributed by atoms with Crippen molar-refractivity contribution >= 4 is 43.6 Å². The molecule has 0 aliphatic heterocycles. The Bertz CT molecular complexity index is 3680. The molecule has 0 radical (unpaired) electrons. The van der Waals surface area contributed by atoms with Gasteiger partial charge in [0.05, 0.1) is 22.1 Å². The first kappa shape index (κ1) is 35.5. The first-order valence-electron chi connectivity index (χ1n) is 21.9. The summed E-state index contributed by atoms with van der Waals surface area (Å²) in [6.07, 6.45) is 0. The highest BCUT2D eigenvalue weighted by Gasteiger charge is 2.31. The number of para-hydroxylation sites is 3. The quantitative estimate of drug-likeness (QED) is 0.159. The maximum Gasteiger partial charge on any atom is 0.0541 e. The molecule has 2 heteroatoms. The SMILES string of the molecule is c1ccc(-c2cc(-c3cccc(-n4c5ccccc5c5cc(-c6ccccc6)ccc54)c3)cc(C3c4ccccc4-c4cc(-n5c6ccccc6c6ccccc65)ccc43)c2)cc1. The highest BCUT2D eigenvalue weighted by molar-refractivity contribution is 6.11. The standard InChI is InChI=1S/C61H40N2/c1-3-16-40(17-4-1)43-30-33-60-56(38-43)52-25-11-14-29-59(52)62(60)47-21-15-20-42(37-47)45-34-44(41-18-5-2-6-19-41)35-46(36-45)61-53-26-8-7-22-49(53)55-39-48(31-32-54(55)61)63-57-27-12-9-23-50(57)51-24-10-13-28-58(51)63/h1-39,61H. The predicted molar refractivity (Wildman–Crippen MR) is 264 cm³/mol. The molecular formula is C61H40N2. The lowest BCUT2D eigenvalue weighted by atomic mass is 9.85. The van der Waals surface area contributed by atoms with Crippen LogP contribution in [-0.4, -0.2) is 9.13 Å². The Labute approximate surface area is 366 Å². The molecule has 0 bridgehead atoms. The molecule has 13 rings (SSSR count). The van der Waals surface area contributed by atoms with Crippen LogP contribution in [0.25, 0.3) is 99.5 Å². The smallest absolute Gasteiger partial charge is 0.0541 e. The fourth-order valence-electron chi connectivity index (χ4n) is 10.6. The zero-order valence-electron chi connectivity index (χ0n) is 34.5. The van der Waals surface area contributed by atoms with Gasteiger partial charge in [-0.3, -0.25) is 0 Å². The molecule has 1 unspecified atom stereocenters. The van der Waals surface area contributed by atoms with Gasteiger partial charge in [0, 0.05) is 38.8 Å². The van der Waals surface area contributed by atoms with E-state index in [4.69, 9.17) is 0 Å². The molecule has 0 N–H and O–H groups in total. The van der Waals surface area contributed by atoms with Crippen molar-refractivity contribution in [2.45, 2.75) is 5.92 Å². The first-order valence-corrected chi connectivity index (χ1v) is 21.9. The molecule has 0 spiro atoms. The van der Waals surface area contributed by atoms with Crippen LogP contribution in [-0.2, 0) is 0 Å². The van der Waals surface area contributed by atoms with E-state index in [9.17, 15) is 0 Å². The number of hydrogen-bond acceptors (Lipinski definition) is 0. The lowest BCUT2D eigenvalue weighted by Gasteiger charge is -2.19. The molecule has 63 heavy (non-hydrogen) atoms. The van der Waals surface area contributed by atoms with Crippen LogP contribution in [0.2, 0.25) is 0 Å². The largest absolute Gasteiger partial charge is 0.309 e. The summed E-state index contributed by atoms with van der Waals surface area (Å²) in [5.74, 6) is 0.0742. The van der Waals surface area contributed by atoms with Crippen LogP contribution >= 0.6 is 0 Å². The summed E-state index contributed by atoms with van der Waals surface area (Å²) in [6, 6.07) is 87.3. The van der Waals surface area contributed by atoms with E-state index in [0.29, 0.717) is 0 Å². The zero-order chi connectivity index (χ0) is 41.4. The van der Waals surface area contributed by atoms with E-state index >= 15 is 0 Å². The number of aromatic nitrogens is 2. The third-order valence-corrected chi connectivity index (χ3v) is 13.4. The van der Waals surface area contributed by atoms with E-state index < -0.39 is 0 Å². The molecule has 1 aliphatic carbocycles. The van der Waals surface area contributed by atoms with E-state index in [0.717, 1.165) is 5.69 Å². The molecule has 0 amide bonds. The second-order valence-electron chi connectivity index (χ2n) is 16.9. The van der Waals surface area contributed by atoms with Gasteiger partial charge in [0.15, 0.2) is 0 Å². The average molecular weight is 801 g/mol. The van der Waals surface area contributed by atoms with Gasteiger partial charge in [0.2, 0.25) is 0 Å². The molecule has 0 saturated carbocycles. The summed E-state index contributed by atoms with van der Waals surface area (Å²) in [5.41, 5.74) is 21.0. The minimum atomic E-state index is 0.0742. The molecule has 2 heterocycles. The van der Waals surface area contributed by atoms with Crippen LogP contribution in [0.1, 0.15) is 22.6 Å². The molecule has 1 aliphatic rings. The van der Waals surface area contributed by atoms with Crippen LogP contribution in [0.15, 0.2) is 237 Å². The van der Waals surface area contributed by atoms with Gasteiger partial charge in [-0.15, -0.1) is 0 Å². The monoisotopic (exact) mass is 800 g/mol. The molecule has 12 aromatic rings. The Morgan fingerprint density at radius 3 is 1.43 bits per heavy atom. The van der Waals surface area contributed by atoms with E-state index in [-0.39, 0.29) is 5.92 Å². The second-order valence-corrected chi connectivity index (χ2v) is 16.9.